The van der Waals surface area contributed by atoms with Gasteiger partial charge < -0.3 is 15.7 Å². The Labute approximate surface area is 225 Å². The SMILES string of the molecule is O=C(N[C@@H](CSCc1ccccc1)C(=O)O)/C(=C\c1ccccc1Cl)NC(=O)c1ccc(C(F)(F)F)cc1. The Balaban J connectivity index is 1.79. The third-order valence-corrected chi connectivity index (χ3v) is 6.62. The quantitative estimate of drug-likeness (QED) is 0.278. The molecule has 0 aliphatic carbocycles. The second-order valence-corrected chi connectivity index (χ2v) is 9.41. The van der Waals surface area contributed by atoms with Crippen LogP contribution >= 0.6 is 23.4 Å². The van der Waals surface area contributed by atoms with Crippen LogP contribution in [0, 0.1) is 0 Å². The molecule has 0 bridgehead atoms. The van der Waals surface area contributed by atoms with Crippen LogP contribution in [0.25, 0.3) is 6.08 Å². The monoisotopic (exact) mass is 562 g/mol. The maximum absolute atomic E-state index is 13.1. The summed E-state index contributed by atoms with van der Waals surface area (Å²) >= 11 is 7.48. The fourth-order valence-corrected chi connectivity index (χ4v) is 4.39. The number of thioether (sulfide) groups is 1. The van der Waals surface area contributed by atoms with Crippen molar-refractivity contribution in [1.82, 2.24) is 10.6 Å². The molecule has 11 heteroatoms. The first-order valence-electron chi connectivity index (χ1n) is 11.1. The number of benzene rings is 3. The third-order valence-electron chi connectivity index (χ3n) is 5.17. The van der Waals surface area contributed by atoms with E-state index in [1.165, 1.54) is 17.8 Å². The molecule has 1 atom stereocenters. The second-order valence-electron chi connectivity index (χ2n) is 7.97. The zero-order chi connectivity index (χ0) is 27.7. The first-order valence-corrected chi connectivity index (χ1v) is 12.7. The summed E-state index contributed by atoms with van der Waals surface area (Å²) in [5, 5.41) is 14.7. The van der Waals surface area contributed by atoms with E-state index in [0.29, 0.717) is 11.3 Å². The minimum Gasteiger partial charge on any atom is -0.480 e. The van der Waals surface area contributed by atoms with E-state index < -0.39 is 35.6 Å². The molecule has 3 aromatic carbocycles. The standard InChI is InChI=1S/C27H22ClF3N2O4S/c28-21-9-5-4-8-19(21)14-22(32-24(34)18-10-12-20(13-11-18)27(29,30)31)25(35)33-23(26(36)37)16-38-15-17-6-2-1-3-7-17/h1-14,23H,15-16H2,(H,32,34)(H,33,35)(H,36,37)/b22-14+/t23-/m0/s1. The molecule has 6 nitrogen and oxygen atoms in total. The summed E-state index contributed by atoms with van der Waals surface area (Å²) in [5.74, 6) is -2.48. The van der Waals surface area contributed by atoms with E-state index in [1.807, 2.05) is 30.3 Å². The Morgan fingerprint density at radius 2 is 1.58 bits per heavy atom. The van der Waals surface area contributed by atoms with Gasteiger partial charge in [0.1, 0.15) is 11.7 Å². The van der Waals surface area contributed by atoms with Gasteiger partial charge in [-0.1, -0.05) is 60.1 Å². The zero-order valence-corrected chi connectivity index (χ0v) is 21.2. The average Bonchev–Trinajstić information content (AvgIpc) is 2.89. The van der Waals surface area contributed by atoms with Gasteiger partial charge in [0.2, 0.25) is 0 Å². The van der Waals surface area contributed by atoms with Crippen molar-refractivity contribution in [2.45, 2.75) is 18.0 Å². The number of amides is 2. The minimum atomic E-state index is -4.58. The summed E-state index contributed by atoms with van der Waals surface area (Å²) in [5.41, 5.74) is -0.0595. The van der Waals surface area contributed by atoms with Crippen molar-refractivity contribution in [3.8, 4) is 0 Å². The molecule has 0 heterocycles. The predicted molar refractivity (Wildman–Crippen MR) is 141 cm³/mol. The van der Waals surface area contributed by atoms with Gasteiger partial charge in [0.05, 0.1) is 5.56 Å². The number of nitrogens with one attached hydrogen (secondary N) is 2. The molecule has 3 N–H and O–H groups in total. The summed E-state index contributed by atoms with van der Waals surface area (Å²) in [6.07, 6.45) is -3.32. The van der Waals surface area contributed by atoms with Gasteiger partial charge in [-0.25, -0.2) is 4.79 Å². The molecule has 3 aromatic rings. The molecule has 38 heavy (non-hydrogen) atoms. The first-order chi connectivity index (χ1) is 18.0. The number of carbonyl (C=O) groups excluding carboxylic acids is 2. The van der Waals surface area contributed by atoms with Crippen LogP contribution < -0.4 is 10.6 Å². The number of hydrogen-bond acceptors (Lipinski definition) is 4. The molecular weight excluding hydrogens is 541 g/mol. The third kappa shape index (κ3) is 8.39. The minimum absolute atomic E-state index is 0.0438. The van der Waals surface area contributed by atoms with Crippen LogP contribution in [-0.4, -0.2) is 34.7 Å². The van der Waals surface area contributed by atoms with Crippen LogP contribution in [-0.2, 0) is 21.5 Å². The van der Waals surface area contributed by atoms with Crippen molar-refractivity contribution in [2.24, 2.45) is 0 Å². The van der Waals surface area contributed by atoms with Gasteiger partial charge in [-0.2, -0.15) is 24.9 Å². The molecule has 0 saturated carbocycles. The highest BCUT2D eigenvalue weighted by atomic mass is 35.5. The van der Waals surface area contributed by atoms with E-state index in [4.69, 9.17) is 11.6 Å². The normalized spacial score (nSPS) is 12.5. The van der Waals surface area contributed by atoms with E-state index in [-0.39, 0.29) is 22.0 Å². The number of carboxylic acids is 1. The zero-order valence-electron chi connectivity index (χ0n) is 19.7. The fraction of sp³-hybridized carbons (Fsp3) is 0.148. The summed E-state index contributed by atoms with van der Waals surface area (Å²) in [4.78, 5) is 37.7. The molecule has 2 amide bonds. The van der Waals surface area contributed by atoms with Crippen LogP contribution in [0.1, 0.15) is 27.0 Å². The van der Waals surface area contributed by atoms with Crippen LogP contribution in [0.3, 0.4) is 0 Å². The van der Waals surface area contributed by atoms with E-state index in [1.54, 1.807) is 24.3 Å². The van der Waals surface area contributed by atoms with Crippen molar-refractivity contribution >= 4 is 47.2 Å². The fourth-order valence-electron chi connectivity index (χ4n) is 3.19. The van der Waals surface area contributed by atoms with Crippen LogP contribution in [0.4, 0.5) is 13.2 Å². The van der Waals surface area contributed by atoms with E-state index >= 15 is 0 Å². The number of aliphatic carboxylic acids is 1. The summed E-state index contributed by atoms with van der Waals surface area (Å²) < 4.78 is 38.6. The van der Waals surface area contributed by atoms with E-state index in [0.717, 1.165) is 29.8 Å². The molecule has 0 unspecified atom stereocenters. The number of halogens is 4. The molecule has 0 saturated heterocycles. The van der Waals surface area contributed by atoms with Crippen LogP contribution in [0.5, 0.6) is 0 Å². The van der Waals surface area contributed by atoms with Gasteiger partial charge in [0.25, 0.3) is 11.8 Å². The second kappa shape index (κ2) is 13.2. The Kier molecular flexibility index (Phi) is 9.98. The van der Waals surface area contributed by atoms with Gasteiger partial charge in [-0.15, -0.1) is 0 Å². The summed E-state index contributed by atoms with van der Waals surface area (Å²) in [7, 11) is 0. The highest BCUT2D eigenvalue weighted by molar-refractivity contribution is 7.98. The van der Waals surface area contributed by atoms with Crippen molar-refractivity contribution in [3.05, 3.63) is 112 Å². The van der Waals surface area contributed by atoms with Crippen molar-refractivity contribution in [1.29, 1.82) is 0 Å². The van der Waals surface area contributed by atoms with Gasteiger partial charge in [-0.3, -0.25) is 9.59 Å². The Morgan fingerprint density at radius 1 is 0.947 bits per heavy atom. The van der Waals surface area contributed by atoms with Crippen LogP contribution in [0.15, 0.2) is 84.6 Å². The van der Waals surface area contributed by atoms with Gasteiger partial charge in [-0.05, 0) is 47.5 Å². The first kappa shape index (κ1) is 28.8. The molecule has 0 aromatic heterocycles. The molecule has 0 aliphatic heterocycles. The smallest absolute Gasteiger partial charge is 0.416 e. The van der Waals surface area contributed by atoms with Crippen molar-refractivity contribution < 1.29 is 32.7 Å². The maximum Gasteiger partial charge on any atom is 0.416 e. The topological polar surface area (TPSA) is 95.5 Å². The number of alkyl halides is 3. The molecule has 0 aliphatic rings. The van der Waals surface area contributed by atoms with Gasteiger partial charge in [0.15, 0.2) is 0 Å². The summed E-state index contributed by atoms with van der Waals surface area (Å²) in [6, 6.07) is 18.0. The molecule has 0 fully saturated rings. The van der Waals surface area contributed by atoms with Crippen molar-refractivity contribution in [2.75, 3.05) is 5.75 Å². The Morgan fingerprint density at radius 3 is 2.18 bits per heavy atom. The summed E-state index contributed by atoms with van der Waals surface area (Å²) in [6.45, 7) is 0. The van der Waals surface area contributed by atoms with Gasteiger partial charge >= 0.3 is 12.1 Å². The molecule has 0 radical (unpaired) electrons. The Bertz CT molecular complexity index is 1320. The maximum atomic E-state index is 13.1. The lowest BCUT2D eigenvalue weighted by Gasteiger charge is -2.17. The van der Waals surface area contributed by atoms with E-state index in [9.17, 15) is 32.7 Å². The number of rotatable bonds is 10. The highest BCUT2D eigenvalue weighted by Crippen LogP contribution is 2.29. The average molecular weight is 563 g/mol. The lowest BCUT2D eigenvalue weighted by Crippen LogP contribution is -2.45. The molecule has 3 rings (SSSR count). The number of carboxylic acid groups (broad SMARTS) is 1. The number of hydrogen-bond donors (Lipinski definition) is 3. The van der Waals surface area contributed by atoms with Crippen molar-refractivity contribution in [3.63, 3.8) is 0 Å². The molecule has 198 valence electrons. The Hall–Kier alpha value is -3.76. The lowest BCUT2D eigenvalue weighted by molar-refractivity contribution is -0.140. The van der Waals surface area contributed by atoms with Crippen LogP contribution in [0.2, 0.25) is 5.02 Å². The molecule has 0 spiro atoms. The van der Waals surface area contributed by atoms with Gasteiger partial charge in [0, 0.05) is 22.1 Å². The molecular formula is C27H22ClF3N2O4S. The largest absolute Gasteiger partial charge is 0.480 e. The van der Waals surface area contributed by atoms with E-state index in [2.05, 4.69) is 10.6 Å². The highest BCUT2D eigenvalue weighted by Gasteiger charge is 2.30. The predicted octanol–water partition coefficient (Wildman–Crippen LogP) is 5.63. The number of carbonyl (C=O) groups is 3. The lowest BCUT2D eigenvalue weighted by atomic mass is 10.1.